The number of rotatable bonds is 3. The molecule has 0 heterocycles. The van der Waals surface area contributed by atoms with Crippen molar-refractivity contribution in [2.45, 2.75) is 39.3 Å². The molecule has 0 bridgehead atoms. The lowest BCUT2D eigenvalue weighted by atomic mass is 9.71. The van der Waals surface area contributed by atoms with Crippen LogP contribution in [-0.2, 0) is 0 Å². The summed E-state index contributed by atoms with van der Waals surface area (Å²) in [6, 6.07) is 1.21. The predicted molar refractivity (Wildman–Crippen MR) is 48.4 cm³/mol. The van der Waals surface area contributed by atoms with Crippen LogP contribution in [-0.4, -0.2) is 18.6 Å². The van der Waals surface area contributed by atoms with Crippen molar-refractivity contribution in [3.8, 4) is 0 Å². The highest BCUT2D eigenvalue weighted by Gasteiger charge is 2.34. The van der Waals surface area contributed by atoms with Gasteiger partial charge in [-0.2, -0.15) is 0 Å². The van der Waals surface area contributed by atoms with E-state index in [2.05, 4.69) is 26.1 Å². The zero-order valence-electron chi connectivity index (χ0n) is 7.80. The number of nitrogens with one attached hydrogen (secondary N) is 1. The second-order valence-electron chi connectivity index (χ2n) is 3.98. The first-order valence-electron chi connectivity index (χ1n) is 4.61. The van der Waals surface area contributed by atoms with Gasteiger partial charge in [0.25, 0.3) is 0 Å². The lowest BCUT2D eigenvalue weighted by Crippen LogP contribution is -2.52. The van der Waals surface area contributed by atoms with E-state index in [4.69, 9.17) is 5.73 Å². The van der Waals surface area contributed by atoms with Crippen LogP contribution in [0.2, 0.25) is 0 Å². The third kappa shape index (κ3) is 1.94. The average molecular weight is 156 g/mol. The molecule has 2 heteroatoms. The summed E-state index contributed by atoms with van der Waals surface area (Å²) in [5.41, 5.74) is 5.52. The average Bonchev–Trinajstić information content (AvgIpc) is 2.03. The second-order valence-corrected chi connectivity index (χ2v) is 3.98. The van der Waals surface area contributed by atoms with Gasteiger partial charge in [-0.05, 0) is 25.2 Å². The molecular formula is C9H20N2. The van der Waals surface area contributed by atoms with E-state index in [9.17, 15) is 0 Å². The molecule has 3 N–H and O–H groups in total. The van der Waals surface area contributed by atoms with Gasteiger partial charge in [0.2, 0.25) is 0 Å². The first kappa shape index (κ1) is 9.01. The summed E-state index contributed by atoms with van der Waals surface area (Å²) < 4.78 is 0. The van der Waals surface area contributed by atoms with Crippen molar-refractivity contribution in [3.05, 3.63) is 0 Å². The Balaban J connectivity index is 2.19. The van der Waals surface area contributed by atoms with E-state index in [0.29, 0.717) is 6.04 Å². The monoisotopic (exact) mass is 156 g/mol. The summed E-state index contributed by atoms with van der Waals surface area (Å²) in [6.45, 7) is 7.53. The summed E-state index contributed by atoms with van der Waals surface area (Å²) in [6.07, 6.45) is 1.32. The van der Waals surface area contributed by atoms with E-state index in [1.54, 1.807) is 0 Å². The van der Waals surface area contributed by atoms with E-state index in [1.165, 1.54) is 6.42 Å². The van der Waals surface area contributed by atoms with E-state index in [0.717, 1.165) is 24.4 Å². The van der Waals surface area contributed by atoms with Gasteiger partial charge in [0.15, 0.2) is 0 Å². The maximum absolute atomic E-state index is 5.52. The molecule has 0 aromatic heterocycles. The molecule has 2 nitrogen and oxygen atoms in total. The summed E-state index contributed by atoms with van der Waals surface area (Å²) >= 11 is 0. The first-order chi connectivity index (χ1) is 5.15. The Morgan fingerprint density at radius 2 is 2.18 bits per heavy atom. The highest BCUT2D eigenvalue weighted by atomic mass is 15.0. The molecule has 0 saturated heterocycles. The molecule has 1 aliphatic rings. The Morgan fingerprint density at radius 3 is 2.55 bits per heavy atom. The molecule has 1 aliphatic carbocycles. The molecule has 1 rings (SSSR count). The number of hydrogen-bond donors (Lipinski definition) is 2. The van der Waals surface area contributed by atoms with E-state index in [1.807, 2.05) is 0 Å². The Hall–Kier alpha value is -0.0800. The molecule has 0 radical (unpaired) electrons. The van der Waals surface area contributed by atoms with Crippen molar-refractivity contribution in [1.29, 1.82) is 0 Å². The van der Waals surface area contributed by atoms with Gasteiger partial charge in [0.05, 0.1) is 0 Å². The predicted octanol–water partition coefficient (Wildman–Crippen LogP) is 0.968. The Bertz CT molecular complexity index is 125. The zero-order chi connectivity index (χ0) is 8.43. The zero-order valence-corrected chi connectivity index (χ0v) is 7.80. The van der Waals surface area contributed by atoms with Gasteiger partial charge in [-0.15, -0.1) is 0 Å². The summed E-state index contributed by atoms with van der Waals surface area (Å²) in [5, 5.41) is 3.52. The minimum absolute atomic E-state index is 0.481. The fraction of sp³-hybridized carbons (Fsp3) is 1.00. The smallest absolute Gasteiger partial charge is 0.0164 e. The molecule has 0 aliphatic heterocycles. The van der Waals surface area contributed by atoms with E-state index in [-0.39, 0.29) is 0 Å². The number of hydrogen-bond acceptors (Lipinski definition) is 2. The standard InChI is InChI=1S/C9H20N2/c1-6-4-9(8(6)3)11-7(2)5-10/h6-9,11H,4-5,10H2,1-3H3. The minimum atomic E-state index is 0.481. The van der Waals surface area contributed by atoms with Crippen molar-refractivity contribution in [2.75, 3.05) is 6.54 Å². The van der Waals surface area contributed by atoms with Gasteiger partial charge < -0.3 is 11.1 Å². The van der Waals surface area contributed by atoms with Gasteiger partial charge in [-0.3, -0.25) is 0 Å². The topological polar surface area (TPSA) is 38.0 Å². The maximum atomic E-state index is 5.52. The third-order valence-corrected chi connectivity index (χ3v) is 3.01. The van der Waals surface area contributed by atoms with Crippen LogP contribution >= 0.6 is 0 Å². The molecular weight excluding hydrogens is 136 g/mol. The van der Waals surface area contributed by atoms with Crippen LogP contribution in [0.3, 0.4) is 0 Å². The Labute approximate surface area is 69.5 Å². The highest BCUT2D eigenvalue weighted by molar-refractivity contribution is 4.90. The van der Waals surface area contributed by atoms with Crippen LogP contribution < -0.4 is 11.1 Å². The van der Waals surface area contributed by atoms with Crippen molar-refractivity contribution in [1.82, 2.24) is 5.32 Å². The van der Waals surface area contributed by atoms with Crippen LogP contribution in [0, 0.1) is 11.8 Å². The first-order valence-corrected chi connectivity index (χ1v) is 4.61. The van der Waals surface area contributed by atoms with Crippen LogP contribution in [0.4, 0.5) is 0 Å². The van der Waals surface area contributed by atoms with Crippen LogP contribution in [0.15, 0.2) is 0 Å². The van der Waals surface area contributed by atoms with Crippen molar-refractivity contribution >= 4 is 0 Å². The van der Waals surface area contributed by atoms with Gasteiger partial charge in [0.1, 0.15) is 0 Å². The fourth-order valence-corrected chi connectivity index (χ4v) is 1.68. The number of nitrogens with two attached hydrogens (primary N) is 1. The SMILES string of the molecule is CC(CN)NC1CC(C)C1C. The molecule has 0 amide bonds. The molecule has 4 atom stereocenters. The Kier molecular flexibility index (Phi) is 2.90. The van der Waals surface area contributed by atoms with Gasteiger partial charge in [0, 0.05) is 18.6 Å². The third-order valence-electron chi connectivity index (χ3n) is 3.01. The molecule has 4 unspecified atom stereocenters. The Morgan fingerprint density at radius 1 is 1.55 bits per heavy atom. The largest absolute Gasteiger partial charge is 0.329 e. The van der Waals surface area contributed by atoms with Gasteiger partial charge >= 0.3 is 0 Å². The summed E-state index contributed by atoms with van der Waals surface area (Å²) in [4.78, 5) is 0. The van der Waals surface area contributed by atoms with Gasteiger partial charge in [-0.25, -0.2) is 0 Å². The molecule has 0 aromatic carbocycles. The highest BCUT2D eigenvalue weighted by Crippen LogP contribution is 2.33. The molecule has 1 fully saturated rings. The van der Waals surface area contributed by atoms with Crippen molar-refractivity contribution in [3.63, 3.8) is 0 Å². The molecule has 1 saturated carbocycles. The maximum Gasteiger partial charge on any atom is 0.0164 e. The molecule has 66 valence electrons. The van der Waals surface area contributed by atoms with Crippen LogP contribution in [0.5, 0.6) is 0 Å². The molecule has 0 spiro atoms. The lowest BCUT2D eigenvalue weighted by molar-refractivity contribution is 0.129. The normalized spacial score (nSPS) is 39.8. The minimum Gasteiger partial charge on any atom is -0.329 e. The molecule has 11 heavy (non-hydrogen) atoms. The van der Waals surface area contributed by atoms with E-state index < -0.39 is 0 Å². The van der Waals surface area contributed by atoms with Gasteiger partial charge in [-0.1, -0.05) is 13.8 Å². The van der Waals surface area contributed by atoms with Crippen molar-refractivity contribution < 1.29 is 0 Å². The second kappa shape index (κ2) is 3.55. The van der Waals surface area contributed by atoms with E-state index >= 15 is 0 Å². The lowest BCUT2D eigenvalue weighted by Gasteiger charge is -2.42. The van der Waals surface area contributed by atoms with Crippen molar-refractivity contribution in [2.24, 2.45) is 17.6 Å². The quantitative estimate of drug-likeness (QED) is 0.639. The molecule has 0 aromatic rings. The van der Waals surface area contributed by atoms with Crippen LogP contribution in [0.25, 0.3) is 0 Å². The summed E-state index contributed by atoms with van der Waals surface area (Å²) in [7, 11) is 0. The van der Waals surface area contributed by atoms with Crippen LogP contribution in [0.1, 0.15) is 27.2 Å². The fourth-order valence-electron chi connectivity index (χ4n) is 1.68. The summed E-state index contributed by atoms with van der Waals surface area (Å²) in [5.74, 6) is 1.74.